The van der Waals surface area contributed by atoms with Gasteiger partial charge in [-0.15, -0.1) is 0 Å². The topological polar surface area (TPSA) is 23.9 Å². The Balaban J connectivity index is 2.15. The first-order chi connectivity index (χ1) is 7.38. The molecule has 0 saturated carbocycles. The standard InChI is InChI=1S/C14H13N/c15-7-1-2-11-5-6-12-4-3-10-8-13(11)14(12)9-10/h1-7,10,15H,8-9H2/b2-1-,15-7?/t10-/m0/s1. The molecule has 1 N–H and O–H groups in total. The molecule has 0 saturated heterocycles. The molecule has 0 aromatic heterocycles. The molecule has 15 heavy (non-hydrogen) atoms. The third kappa shape index (κ3) is 1.27. The largest absolute Gasteiger partial charge is 0.309 e. The summed E-state index contributed by atoms with van der Waals surface area (Å²) in [4.78, 5) is 0. The highest BCUT2D eigenvalue weighted by molar-refractivity contribution is 5.78. The van der Waals surface area contributed by atoms with Crippen LogP contribution in [0.25, 0.3) is 12.2 Å². The molecule has 2 aliphatic carbocycles. The van der Waals surface area contributed by atoms with Crippen molar-refractivity contribution < 1.29 is 0 Å². The summed E-state index contributed by atoms with van der Waals surface area (Å²) in [6.45, 7) is 0. The molecule has 0 aliphatic heterocycles. The lowest BCUT2D eigenvalue weighted by Gasteiger charge is -2.09. The van der Waals surface area contributed by atoms with Gasteiger partial charge >= 0.3 is 0 Å². The Labute approximate surface area is 89.6 Å². The lowest BCUT2D eigenvalue weighted by Crippen LogP contribution is -1.97. The maximum atomic E-state index is 7.02. The highest BCUT2D eigenvalue weighted by Crippen LogP contribution is 2.37. The quantitative estimate of drug-likeness (QED) is 0.701. The van der Waals surface area contributed by atoms with Crippen LogP contribution in [0, 0.1) is 11.3 Å². The highest BCUT2D eigenvalue weighted by atomic mass is 14.3. The van der Waals surface area contributed by atoms with Gasteiger partial charge in [-0.05, 0) is 47.1 Å². The van der Waals surface area contributed by atoms with Gasteiger partial charge < -0.3 is 5.41 Å². The monoisotopic (exact) mass is 195 g/mol. The number of rotatable bonds is 2. The Morgan fingerprint density at radius 2 is 2.07 bits per heavy atom. The Morgan fingerprint density at radius 1 is 1.20 bits per heavy atom. The van der Waals surface area contributed by atoms with E-state index in [2.05, 4.69) is 24.3 Å². The molecule has 3 rings (SSSR count). The summed E-state index contributed by atoms with van der Waals surface area (Å²) in [6, 6.07) is 4.37. The molecule has 1 heteroatoms. The molecule has 0 fully saturated rings. The van der Waals surface area contributed by atoms with E-state index < -0.39 is 0 Å². The minimum Gasteiger partial charge on any atom is -0.309 e. The van der Waals surface area contributed by atoms with Gasteiger partial charge in [-0.1, -0.05) is 30.4 Å². The van der Waals surface area contributed by atoms with Gasteiger partial charge in [0.05, 0.1) is 0 Å². The van der Waals surface area contributed by atoms with Gasteiger partial charge in [-0.2, -0.15) is 0 Å². The maximum Gasteiger partial charge on any atom is 0.0177 e. The molecule has 74 valence electrons. The summed E-state index contributed by atoms with van der Waals surface area (Å²) in [7, 11) is 0. The van der Waals surface area contributed by atoms with E-state index in [1.54, 1.807) is 6.08 Å². The van der Waals surface area contributed by atoms with E-state index >= 15 is 0 Å². The van der Waals surface area contributed by atoms with E-state index in [0.29, 0.717) is 0 Å². The first-order valence-corrected chi connectivity index (χ1v) is 5.38. The van der Waals surface area contributed by atoms with Crippen LogP contribution >= 0.6 is 0 Å². The predicted octanol–water partition coefficient (Wildman–Crippen LogP) is 3.09. The van der Waals surface area contributed by atoms with E-state index in [9.17, 15) is 0 Å². The number of nitrogens with one attached hydrogen (secondary N) is 1. The van der Waals surface area contributed by atoms with Gasteiger partial charge in [0.1, 0.15) is 0 Å². The van der Waals surface area contributed by atoms with Gasteiger partial charge in [0, 0.05) is 6.21 Å². The molecular formula is C14H13N. The lowest BCUT2D eigenvalue weighted by molar-refractivity contribution is 0.702. The van der Waals surface area contributed by atoms with Gasteiger partial charge in [0.25, 0.3) is 0 Å². The number of fused-ring (bicyclic) bond motifs is 1. The number of benzene rings is 1. The van der Waals surface area contributed by atoms with E-state index in [0.717, 1.165) is 5.92 Å². The average Bonchev–Trinajstić information content (AvgIpc) is 2.65. The minimum absolute atomic E-state index is 0.724. The van der Waals surface area contributed by atoms with Crippen molar-refractivity contribution in [2.45, 2.75) is 12.8 Å². The molecule has 2 aliphatic rings. The Morgan fingerprint density at radius 3 is 2.93 bits per heavy atom. The Bertz CT molecular complexity index is 480. The molecule has 0 spiro atoms. The molecule has 1 aromatic carbocycles. The van der Waals surface area contributed by atoms with E-state index in [1.807, 2.05) is 6.08 Å². The number of hydrogen-bond acceptors (Lipinski definition) is 1. The summed E-state index contributed by atoms with van der Waals surface area (Å²) >= 11 is 0. The SMILES string of the molecule is N=C/C=C\c1ccc2c3c1C[C@H](C=C2)C3. The first-order valence-electron chi connectivity index (χ1n) is 5.38. The fourth-order valence-corrected chi connectivity index (χ4v) is 2.65. The van der Waals surface area contributed by atoms with E-state index in [4.69, 9.17) is 5.41 Å². The van der Waals surface area contributed by atoms with Crippen LogP contribution in [0.4, 0.5) is 0 Å². The van der Waals surface area contributed by atoms with Gasteiger partial charge in [0.15, 0.2) is 0 Å². The second kappa shape index (κ2) is 3.20. The minimum atomic E-state index is 0.724. The van der Waals surface area contributed by atoms with Gasteiger partial charge in [0.2, 0.25) is 0 Å². The van der Waals surface area contributed by atoms with Crippen molar-refractivity contribution in [3.05, 3.63) is 46.5 Å². The van der Waals surface area contributed by atoms with Crippen molar-refractivity contribution in [1.82, 2.24) is 0 Å². The van der Waals surface area contributed by atoms with Crippen LogP contribution in [0.2, 0.25) is 0 Å². The summed E-state index contributed by atoms with van der Waals surface area (Å²) in [5.74, 6) is 0.724. The zero-order valence-corrected chi connectivity index (χ0v) is 8.53. The predicted molar refractivity (Wildman–Crippen MR) is 64.2 cm³/mol. The number of hydrogen-bond donors (Lipinski definition) is 1. The van der Waals surface area contributed by atoms with Crippen LogP contribution < -0.4 is 0 Å². The summed E-state index contributed by atoms with van der Waals surface area (Å²) in [6.07, 6.45) is 12.2. The van der Waals surface area contributed by atoms with Crippen molar-refractivity contribution in [2.24, 2.45) is 5.92 Å². The van der Waals surface area contributed by atoms with Crippen molar-refractivity contribution in [1.29, 1.82) is 5.41 Å². The van der Waals surface area contributed by atoms with Crippen LogP contribution in [0.1, 0.15) is 22.3 Å². The molecule has 1 aromatic rings. The molecule has 0 heterocycles. The van der Waals surface area contributed by atoms with Crippen LogP contribution in [0.15, 0.2) is 24.3 Å². The zero-order valence-electron chi connectivity index (χ0n) is 8.53. The molecule has 0 amide bonds. The summed E-state index contributed by atoms with van der Waals surface area (Å²) in [5.41, 5.74) is 5.73. The smallest absolute Gasteiger partial charge is 0.0177 e. The normalized spacial score (nSPS) is 21.2. The third-order valence-electron chi connectivity index (χ3n) is 3.36. The van der Waals surface area contributed by atoms with Gasteiger partial charge in [-0.3, -0.25) is 0 Å². The van der Waals surface area contributed by atoms with Crippen LogP contribution in [0.3, 0.4) is 0 Å². The summed E-state index contributed by atoms with van der Waals surface area (Å²) in [5, 5.41) is 7.02. The van der Waals surface area contributed by atoms with Crippen molar-refractivity contribution >= 4 is 18.4 Å². The number of allylic oxidation sites excluding steroid dienone is 2. The van der Waals surface area contributed by atoms with Gasteiger partial charge in [-0.25, -0.2) is 0 Å². The molecule has 1 atom stereocenters. The fraction of sp³-hybridized carbons (Fsp3) is 0.214. The van der Waals surface area contributed by atoms with Crippen LogP contribution in [-0.2, 0) is 12.8 Å². The lowest BCUT2D eigenvalue weighted by atomic mass is 9.95. The van der Waals surface area contributed by atoms with Crippen LogP contribution in [0.5, 0.6) is 0 Å². The third-order valence-corrected chi connectivity index (χ3v) is 3.36. The second-order valence-corrected chi connectivity index (χ2v) is 4.25. The molecule has 0 radical (unpaired) electrons. The first kappa shape index (κ1) is 8.66. The second-order valence-electron chi connectivity index (χ2n) is 4.25. The Hall–Kier alpha value is -1.63. The fourth-order valence-electron chi connectivity index (χ4n) is 2.65. The van der Waals surface area contributed by atoms with E-state index in [1.165, 1.54) is 41.3 Å². The van der Waals surface area contributed by atoms with Crippen molar-refractivity contribution in [2.75, 3.05) is 0 Å². The Kier molecular flexibility index (Phi) is 1.84. The maximum absolute atomic E-state index is 7.02. The van der Waals surface area contributed by atoms with Crippen molar-refractivity contribution in [3.63, 3.8) is 0 Å². The van der Waals surface area contributed by atoms with Crippen LogP contribution in [-0.4, -0.2) is 6.21 Å². The van der Waals surface area contributed by atoms with Crippen molar-refractivity contribution in [3.8, 4) is 0 Å². The van der Waals surface area contributed by atoms with E-state index in [-0.39, 0.29) is 0 Å². The molecule has 2 bridgehead atoms. The summed E-state index contributed by atoms with van der Waals surface area (Å²) < 4.78 is 0. The highest BCUT2D eigenvalue weighted by Gasteiger charge is 2.26. The molecule has 0 unspecified atom stereocenters. The average molecular weight is 195 g/mol. The zero-order chi connectivity index (χ0) is 10.3. The molecular weight excluding hydrogens is 182 g/mol. The molecule has 1 nitrogen and oxygen atoms in total.